The second-order valence-corrected chi connectivity index (χ2v) is 9.32. The molecule has 0 radical (unpaired) electrons. The van der Waals surface area contributed by atoms with Crippen molar-refractivity contribution in [3.8, 4) is 0 Å². The minimum absolute atomic E-state index is 0.194. The molecule has 0 saturated heterocycles. The predicted molar refractivity (Wildman–Crippen MR) is 118 cm³/mol. The standard InChI is InChI=1S/C20H13ClN4OS3/c21-16-11-14(6-9-17(16)29-20-25-23-12-27-20)24-19(26)13-4-7-15(8-5-13)28-18-3-1-2-10-22-18/h1-12H,(H,24,26). The Bertz CT molecular complexity index is 1110. The van der Waals surface area contributed by atoms with Crippen LogP contribution in [0.4, 0.5) is 5.69 Å². The molecule has 9 heteroatoms. The van der Waals surface area contributed by atoms with E-state index in [1.54, 1.807) is 41.7 Å². The van der Waals surface area contributed by atoms with Crippen molar-refractivity contribution >= 4 is 58.1 Å². The zero-order chi connectivity index (χ0) is 20.1. The maximum absolute atomic E-state index is 12.5. The molecule has 0 saturated carbocycles. The fourth-order valence-electron chi connectivity index (χ4n) is 2.37. The second kappa shape index (κ2) is 9.41. The summed E-state index contributed by atoms with van der Waals surface area (Å²) in [5.74, 6) is -0.194. The number of carbonyl (C=O) groups excluding carboxylic acids is 1. The van der Waals surface area contributed by atoms with Crippen molar-refractivity contribution in [1.29, 1.82) is 0 Å². The highest BCUT2D eigenvalue weighted by Gasteiger charge is 2.10. The predicted octanol–water partition coefficient (Wildman–Crippen LogP) is 6.14. The number of hydrogen-bond donors (Lipinski definition) is 1. The van der Waals surface area contributed by atoms with Gasteiger partial charge in [0.25, 0.3) is 5.91 Å². The van der Waals surface area contributed by atoms with Crippen molar-refractivity contribution in [1.82, 2.24) is 15.2 Å². The molecule has 29 heavy (non-hydrogen) atoms. The van der Waals surface area contributed by atoms with Crippen LogP contribution in [0.25, 0.3) is 0 Å². The van der Waals surface area contributed by atoms with E-state index in [0.29, 0.717) is 16.3 Å². The first-order valence-electron chi connectivity index (χ1n) is 8.41. The first kappa shape index (κ1) is 19.9. The molecule has 1 amide bonds. The van der Waals surface area contributed by atoms with Gasteiger partial charge in [0.15, 0.2) is 4.34 Å². The Morgan fingerprint density at radius 2 is 1.90 bits per heavy atom. The molecule has 0 bridgehead atoms. The van der Waals surface area contributed by atoms with Crippen LogP contribution in [0.1, 0.15) is 10.4 Å². The second-order valence-electron chi connectivity index (χ2n) is 5.70. The van der Waals surface area contributed by atoms with E-state index < -0.39 is 0 Å². The van der Waals surface area contributed by atoms with Gasteiger partial charge < -0.3 is 5.32 Å². The van der Waals surface area contributed by atoms with Crippen LogP contribution in [-0.2, 0) is 0 Å². The van der Waals surface area contributed by atoms with Crippen LogP contribution in [0.15, 0.2) is 91.5 Å². The zero-order valence-electron chi connectivity index (χ0n) is 14.8. The van der Waals surface area contributed by atoms with Crippen molar-refractivity contribution in [2.24, 2.45) is 0 Å². The average molecular weight is 457 g/mol. The van der Waals surface area contributed by atoms with Gasteiger partial charge in [0.05, 0.1) is 5.02 Å². The molecule has 0 unspecified atom stereocenters. The Balaban J connectivity index is 1.40. The van der Waals surface area contributed by atoms with Gasteiger partial charge in [-0.05, 0) is 54.6 Å². The number of aromatic nitrogens is 3. The van der Waals surface area contributed by atoms with Crippen LogP contribution < -0.4 is 5.32 Å². The summed E-state index contributed by atoms with van der Waals surface area (Å²) in [5.41, 5.74) is 2.87. The third-order valence-corrected chi connectivity index (χ3v) is 6.94. The highest BCUT2D eigenvalue weighted by molar-refractivity contribution is 8.01. The molecule has 4 rings (SSSR count). The van der Waals surface area contributed by atoms with Gasteiger partial charge in [-0.1, -0.05) is 52.5 Å². The van der Waals surface area contributed by atoms with Crippen LogP contribution >= 0.6 is 46.5 Å². The summed E-state index contributed by atoms with van der Waals surface area (Å²) in [4.78, 5) is 18.7. The number of hydrogen-bond acceptors (Lipinski definition) is 7. The van der Waals surface area contributed by atoms with E-state index in [4.69, 9.17) is 11.6 Å². The molecule has 0 aliphatic heterocycles. The van der Waals surface area contributed by atoms with Crippen LogP contribution in [0.5, 0.6) is 0 Å². The van der Waals surface area contributed by atoms with E-state index in [2.05, 4.69) is 20.5 Å². The Kier molecular flexibility index (Phi) is 6.46. The molecule has 0 atom stereocenters. The average Bonchev–Trinajstić information content (AvgIpc) is 3.24. The quantitative estimate of drug-likeness (QED) is 0.375. The summed E-state index contributed by atoms with van der Waals surface area (Å²) in [7, 11) is 0. The summed E-state index contributed by atoms with van der Waals surface area (Å²) in [6, 6.07) is 18.6. The molecule has 0 aliphatic carbocycles. The minimum atomic E-state index is -0.194. The lowest BCUT2D eigenvalue weighted by Gasteiger charge is -2.08. The molecule has 0 fully saturated rings. The molecule has 144 valence electrons. The SMILES string of the molecule is O=C(Nc1ccc(Sc2nncs2)c(Cl)c1)c1ccc(Sc2ccccn2)cc1. The third-order valence-electron chi connectivity index (χ3n) is 3.70. The van der Waals surface area contributed by atoms with Gasteiger partial charge in [-0.15, -0.1) is 10.2 Å². The molecule has 0 spiro atoms. The lowest BCUT2D eigenvalue weighted by atomic mass is 10.2. The molecule has 5 nitrogen and oxygen atoms in total. The highest BCUT2D eigenvalue weighted by Crippen LogP contribution is 2.35. The lowest BCUT2D eigenvalue weighted by Crippen LogP contribution is -2.11. The van der Waals surface area contributed by atoms with E-state index in [0.717, 1.165) is 19.2 Å². The van der Waals surface area contributed by atoms with Crippen LogP contribution in [-0.4, -0.2) is 21.1 Å². The molecular formula is C20H13ClN4OS3. The van der Waals surface area contributed by atoms with Gasteiger partial charge in [0.1, 0.15) is 10.5 Å². The third kappa shape index (κ3) is 5.36. The van der Waals surface area contributed by atoms with Crippen molar-refractivity contribution in [2.45, 2.75) is 19.2 Å². The molecular weight excluding hydrogens is 444 g/mol. The van der Waals surface area contributed by atoms with Gasteiger partial charge in [-0.2, -0.15) is 0 Å². The van der Waals surface area contributed by atoms with Crippen LogP contribution in [0.2, 0.25) is 5.02 Å². The van der Waals surface area contributed by atoms with Gasteiger partial charge in [-0.25, -0.2) is 4.98 Å². The number of carbonyl (C=O) groups is 1. The maximum Gasteiger partial charge on any atom is 0.255 e. The number of halogens is 1. The normalized spacial score (nSPS) is 10.7. The van der Waals surface area contributed by atoms with Crippen molar-refractivity contribution in [3.05, 3.63) is 83.0 Å². The Hall–Kier alpha value is -2.39. The highest BCUT2D eigenvalue weighted by atomic mass is 35.5. The summed E-state index contributed by atoms with van der Waals surface area (Å²) in [6.07, 6.45) is 1.76. The molecule has 4 aromatic rings. The van der Waals surface area contributed by atoms with E-state index in [1.165, 1.54) is 23.1 Å². The number of nitrogens with zero attached hydrogens (tertiary/aromatic N) is 3. The Labute approximate surface area is 184 Å². The number of pyridine rings is 1. The monoisotopic (exact) mass is 456 g/mol. The molecule has 2 heterocycles. The number of amides is 1. The fraction of sp³-hybridized carbons (Fsp3) is 0. The lowest BCUT2D eigenvalue weighted by molar-refractivity contribution is 0.102. The molecule has 1 N–H and O–H groups in total. The first-order valence-corrected chi connectivity index (χ1v) is 11.3. The molecule has 0 aliphatic rings. The van der Waals surface area contributed by atoms with Crippen LogP contribution in [0, 0.1) is 0 Å². The zero-order valence-corrected chi connectivity index (χ0v) is 18.0. The van der Waals surface area contributed by atoms with Gasteiger partial charge in [0.2, 0.25) is 0 Å². The van der Waals surface area contributed by atoms with Crippen molar-refractivity contribution in [3.63, 3.8) is 0 Å². The van der Waals surface area contributed by atoms with Crippen molar-refractivity contribution < 1.29 is 4.79 Å². The van der Waals surface area contributed by atoms with Gasteiger partial charge >= 0.3 is 0 Å². The largest absolute Gasteiger partial charge is 0.322 e. The first-order chi connectivity index (χ1) is 14.2. The summed E-state index contributed by atoms with van der Waals surface area (Å²) in [5, 5.41) is 12.1. The molecule has 2 aromatic carbocycles. The Morgan fingerprint density at radius 1 is 1.03 bits per heavy atom. The van der Waals surface area contributed by atoms with Crippen LogP contribution in [0.3, 0.4) is 0 Å². The van der Waals surface area contributed by atoms with Gasteiger partial charge in [-0.3, -0.25) is 4.79 Å². The summed E-state index contributed by atoms with van der Waals surface area (Å²) >= 11 is 10.8. The minimum Gasteiger partial charge on any atom is -0.322 e. The Morgan fingerprint density at radius 3 is 2.59 bits per heavy atom. The summed E-state index contributed by atoms with van der Waals surface area (Å²) in [6.45, 7) is 0. The molecule has 2 aromatic heterocycles. The fourth-order valence-corrected chi connectivity index (χ4v) is 4.88. The van der Waals surface area contributed by atoms with E-state index in [1.807, 2.05) is 42.5 Å². The number of rotatable bonds is 6. The van der Waals surface area contributed by atoms with E-state index in [-0.39, 0.29) is 5.91 Å². The number of benzene rings is 2. The van der Waals surface area contributed by atoms with E-state index in [9.17, 15) is 4.79 Å². The van der Waals surface area contributed by atoms with E-state index >= 15 is 0 Å². The maximum atomic E-state index is 12.5. The number of anilines is 1. The smallest absolute Gasteiger partial charge is 0.255 e. The van der Waals surface area contributed by atoms with Gasteiger partial charge in [0, 0.05) is 27.2 Å². The number of nitrogens with one attached hydrogen (secondary N) is 1. The summed E-state index contributed by atoms with van der Waals surface area (Å²) < 4.78 is 0.812. The topological polar surface area (TPSA) is 67.8 Å². The van der Waals surface area contributed by atoms with Crippen molar-refractivity contribution in [2.75, 3.05) is 5.32 Å².